The molecule has 0 atom stereocenters. The van der Waals surface area contributed by atoms with E-state index in [0.717, 1.165) is 11.3 Å². The van der Waals surface area contributed by atoms with E-state index in [1.807, 2.05) is 45.0 Å². The second-order valence-corrected chi connectivity index (χ2v) is 5.44. The molecule has 0 aliphatic heterocycles. The van der Waals surface area contributed by atoms with Crippen LogP contribution in [0.1, 0.15) is 33.3 Å². The van der Waals surface area contributed by atoms with Gasteiger partial charge in [0.05, 0.1) is 5.71 Å². The van der Waals surface area contributed by atoms with E-state index in [0.29, 0.717) is 36.6 Å². The molecule has 2 rings (SSSR count). The van der Waals surface area contributed by atoms with Crippen molar-refractivity contribution in [1.29, 1.82) is 0 Å². The summed E-state index contributed by atoms with van der Waals surface area (Å²) < 4.78 is 0. The van der Waals surface area contributed by atoms with Gasteiger partial charge in [0.25, 0.3) is 0 Å². The van der Waals surface area contributed by atoms with Crippen LogP contribution in [0.3, 0.4) is 0 Å². The van der Waals surface area contributed by atoms with E-state index < -0.39 is 0 Å². The molecule has 0 aliphatic rings. The molecule has 0 saturated heterocycles. The molecule has 9 heteroatoms. The summed E-state index contributed by atoms with van der Waals surface area (Å²) in [6.07, 6.45) is 0. The third kappa shape index (κ3) is 5.69. The van der Waals surface area contributed by atoms with Crippen LogP contribution in [0.5, 0.6) is 0 Å². The topological polar surface area (TPSA) is 116 Å². The highest BCUT2D eigenvalue weighted by Crippen LogP contribution is 2.13. The number of hydrogen-bond donors (Lipinski definition) is 4. The highest BCUT2D eigenvalue weighted by Gasteiger charge is 2.06. The summed E-state index contributed by atoms with van der Waals surface area (Å²) in [5.41, 5.74) is 5.18. The fourth-order valence-electron chi connectivity index (χ4n) is 2.12. The van der Waals surface area contributed by atoms with Crippen molar-refractivity contribution in [1.82, 2.24) is 15.0 Å². The number of nitrogens with zero attached hydrogens (tertiary/aromatic N) is 4. The maximum Gasteiger partial charge on any atom is 0.250 e. The minimum absolute atomic E-state index is 0.119. The molecule has 1 heterocycles. The summed E-state index contributed by atoms with van der Waals surface area (Å²) in [6.45, 7) is 8.67. The molecule has 0 saturated carbocycles. The highest BCUT2D eigenvalue weighted by molar-refractivity contribution is 6.00. The van der Waals surface area contributed by atoms with Crippen LogP contribution in [0.15, 0.2) is 29.4 Å². The van der Waals surface area contributed by atoms with E-state index in [-0.39, 0.29) is 5.91 Å². The van der Waals surface area contributed by atoms with E-state index in [1.54, 1.807) is 0 Å². The Labute approximate surface area is 152 Å². The Morgan fingerprint density at radius 1 is 1.00 bits per heavy atom. The molecular formula is C17H24N8O. The third-order valence-electron chi connectivity index (χ3n) is 3.23. The Hall–Kier alpha value is -3.23. The molecule has 4 N–H and O–H groups in total. The van der Waals surface area contributed by atoms with E-state index in [1.165, 1.54) is 6.92 Å². The number of nitrogens with one attached hydrogen (secondary N) is 4. The Kier molecular flexibility index (Phi) is 6.84. The van der Waals surface area contributed by atoms with E-state index >= 15 is 0 Å². The van der Waals surface area contributed by atoms with Crippen molar-refractivity contribution in [3.05, 3.63) is 29.8 Å². The summed E-state index contributed by atoms with van der Waals surface area (Å²) in [4.78, 5) is 24.0. The molecule has 0 fully saturated rings. The molecule has 9 nitrogen and oxygen atoms in total. The Balaban J connectivity index is 2.18. The first-order chi connectivity index (χ1) is 12.5. The van der Waals surface area contributed by atoms with Crippen LogP contribution in [0, 0.1) is 0 Å². The lowest BCUT2D eigenvalue weighted by Gasteiger charge is -2.09. The lowest BCUT2D eigenvalue weighted by Crippen LogP contribution is -2.11. The van der Waals surface area contributed by atoms with Crippen LogP contribution in [-0.4, -0.2) is 39.7 Å². The normalized spacial score (nSPS) is 11.0. The molecule has 2 aromatic rings. The van der Waals surface area contributed by atoms with Crippen molar-refractivity contribution in [2.75, 3.05) is 34.5 Å². The van der Waals surface area contributed by atoms with Crippen molar-refractivity contribution >= 4 is 35.2 Å². The van der Waals surface area contributed by atoms with Crippen LogP contribution in [0.4, 0.5) is 23.5 Å². The minimum atomic E-state index is -0.119. The molecule has 0 bridgehead atoms. The molecule has 138 valence electrons. The van der Waals surface area contributed by atoms with Gasteiger partial charge in [-0.25, -0.2) is 5.43 Å². The van der Waals surface area contributed by atoms with Crippen LogP contribution < -0.4 is 21.4 Å². The second kappa shape index (κ2) is 9.30. The number of carbonyl (C=O) groups is 1. The van der Waals surface area contributed by atoms with E-state index in [4.69, 9.17) is 0 Å². The van der Waals surface area contributed by atoms with Gasteiger partial charge in [-0.2, -0.15) is 20.1 Å². The number of benzene rings is 1. The number of hydrazone groups is 1. The van der Waals surface area contributed by atoms with Gasteiger partial charge in [0, 0.05) is 25.7 Å². The predicted molar refractivity (Wildman–Crippen MR) is 105 cm³/mol. The van der Waals surface area contributed by atoms with Gasteiger partial charge in [-0.15, -0.1) is 0 Å². The molecule has 1 amide bonds. The van der Waals surface area contributed by atoms with Gasteiger partial charge in [-0.3, -0.25) is 4.79 Å². The first-order valence-corrected chi connectivity index (χ1v) is 8.44. The molecule has 0 aliphatic carbocycles. The Bertz CT molecular complexity index is 766. The number of hydrogen-bond acceptors (Lipinski definition) is 8. The third-order valence-corrected chi connectivity index (χ3v) is 3.23. The maximum absolute atomic E-state index is 11.2. The van der Waals surface area contributed by atoms with Crippen LogP contribution >= 0.6 is 0 Å². The first-order valence-electron chi connectivity index (χ1n) is 8.44. The number of anilines is 4. The highest BCUT2D eigenvalue weighted by atomic mass is 16.1. The zero-order chi connectivity index (χ0) is 18.9. The van der Waals surface area contributed by atoms with E-state index in [2.05, 4.69) is 41.4 Å². The summed E-state index contributed by atoms with van der Waals surface area (Å²) in [7, 11) is 0. The quantitative estimate of drug-likeness (QED) is 0.424. The van der Waals surface area contributed by atoms with Gasteiger partial charge in [-0.1, -0.05) is 12.1 Å². The largest absolute Gasteiger partial charge is 0.354 e. The van der Waals surface area contributed by atoms with Gasteiger partial charge >= 0.3 is 0 Å². The van der Waals surface area contributed by atoms with Crippen LogP contribution in [0.2, 0.25) is 0 Å². The van der Waals surface area contributed by atoms with Crippen LogP contribution in [0.25, 0.3) is 0 Å². The summed E-state index contributed by atoms with van der Waals surface area (Å²) in [5, 5.41) is 13.2. The lowest BCUT2D eigenvalue weighted by molar-refractivity contribution is -0.114. The van der Waals surface area contributed by atoms with Gasteiger partial charge in [0.1, 0.15) is 0 Å². The van der Waals surface area contributed by atoms with E-state index in [9.17, 15) is 4.79 Å². The number of carbonyl (C=O) groups excluding carboxylic acids is 1. The molecule has 1 aromatic carbocycles. The monoisotopic (exact) mass is 356 g/mol. The Morgan fingerprint density at radius 2 is 1.62 bits per heavy atom. The van der Waals surface area contributed by atoms with Crippen molar-refractivity contribution < 1.29 is 4.79 Å². The van der Waals surface area contributed by atoms with Gasteiger partial charge in [0.2, 0.25) is 23.8 Å². The second-order valence-electron chi connectivity index (χ2n) is 5.44. The molecule has 26 heavy (non-hydrogen) atoms. The Morgan fingerprint density at radius 3 is 2.19 bits per heavy atom. The minimum Gasteiger partial charge on any atom is -0.354 e. The number of rotatable bonds is 8. The summed E-state index contributed by atoms with van der Waals surface area (Å²) in [5.74, 6) is 1.17. The van der Waals surface area contributed by atoms with Crippen LogP contribution in [-0.2, 0) is 4.79 Å². The fraction of sp³-hybridized carbons (Fsp3) is 0.353. The van der Waals surface area contributed by atoms with Crippen molar-refractivity contribution in [3.8, 4) is 0 Å². The van der Waals surface area contributed by atoms with Crippen molar-refractivity contribution in [2.45, 2.75) is 27.7 Å². The lowest BCUT2D eigenvalue weighted by atomic mass is 10.1. The predicted octanol–water partition coefficient (Wildman–Crippen LogP) is 2.53. The summed E-state index contributed by atoms with van der Waals surface area (Å²) >= 11 is 0. The first kappa shape index (κ1) is 19.1. The average molecular weight is 356 g/mol. The number of aromatic nitrogens is 3. The molecular weight excluding hydrogens is 332 g/mol. The molecule has 0 unspecified atom stereocenters. The molecule has 0 spiro atoms. The van der Waals surface area contributed by atoms with Gasteiger partial charge in [-0.05, 0) is 38.5 Å². The molecule has 1 aromatic heterocycles. The average Bonchev–Trinajstić information content (AvgIpc) is 2.60. The van der Waals surface area contributed by atoms with Crippen molar-refractivity contribution in [3.63, 3.8) is 0 Å². The molecule has 0 radical (unpaired) electrons. The van der Waals surface area contributed by atoms with Crippen molar-refractivity contribution in [2.24, 2.45) is 5.10 Å². The fourth-order valence-corrected chi connectivity index (χ4v) is 2.12. The summed E-state index contributed by atoms with van der Waals surface area (Å²) in [6, 6.07) is 7.44. The number of amides is 1. The zero-order valence-electron chi connectivity index (χ0n) is 15.4. The van der Waals surface area contributed by atoms with Gasteiger partial charge in [0.15, 0.2) is 0 Å². The van der Waals surface area contributed by atoms with Gasteiger partial charge < -0.3 is 16.0 Å². The maximum atomic E-state index is 11.2. The standard InChI is InChI=1S/C17H24N8O/c1-5-18-15-21-16(19-6-2)23-17(22-15)25-24-11(3)13-8-7-9-14(10-13)20-12(4)26/h7-10H,5-6H2,1-4H3,(H,20,26)(H3,18,19,21,22,23,25)/b24-11+. The smallest absolute Gasteiger partial charge is 0.250 e. The zero-order valence-corrected chi connectivity index (χ0v) is 15.4. The SMILES string of the molecule is CCNc1nc(NCC)nc(N/N=C(\C)c2cccc(NC(C)=O)c2)n1.